The zero-order chi connectivity index (χ0) is 16.0. The molecule has 0 aromatic rings. The first kappa shape index (κ1) is 20.5. The molecule has 0 radical (unpaired) electrons. The minimum Gasteiger partial charge on any atom is -0.466 e. The minimum atomic E-state index is -0.0345. The van der Waals surface area contributed by atoms with Gasteiger partial charge in [0.15, 0.2) is 0 Å². The van der Waals surface area contributed by atoms with Crippen LogP contribution in [-0.2, 0) is 9.53 Å². The molecule has 0 atom stereocenters. The van der Waals surface area contributed by atoms with Crippen molar-refractivity contribution in [2.24, 2.45) is 5.41 Å². The molecule has 0 rings (SSSR count). The molecule has 0 N–H and O–H groups in total. The number of carbonyl (C=O) groups is 1. The van der Waals surface area contributed by atoms with Gasteiger partial charge in [-0.2, -0.15) is 0 Å². The molecule has 0 bridgehead atoms. The van der Waals surface area contributed by atoms with Crippen molar-refractivity contribution in [2.45, 2.75) is 105 Å². The molecule has 0 aliphatic heterocycles. The topological polar surface area (TPSA) is 26.3 Å². The fraction of sp³-hybridized carbons (Fsp3) is 0.947. The van der Waals surface area contributed by atoms with Gasteiger partial charge in [0.1, 0.15) is 0 Å². The number of esters is 1. The average molecular weight is 299 g/mol. The Hall–Kier alpha value is -0.530. The first-order valence-electron chi connectivity index (χ1n) is 9.11. The monoisotopic (exact) mass is 298 g/mol. The lowest BCUT2D eigenvalue weighted by Crippen LogP contribution is -2.04. The van der Waals surface area contributed by atoms with Gasteiger partial charge in [0.05, 0.1) is 6.61 Å². The summed E-state index contributed by atoms with van der Waals surface area (Å²) in [5, 5.41) is 0. The molecule has 2 heteroatoms. The second-order valence-corrected chi connectivity index (χ2v) is 7.46. The van der Waals surface area contributed by atoms with E-state index in [1.54, 1.807) is 0 Å². The van der Waals surface area contributed by atoms with Crippen molar-refractivity contribution in [1.29, 1.82) is 0 Å². The van der Waals surface area contributed by atoms with Crippen LogP contribution in [0.2, 0.25) is 0 Å². The van der Waals surface area contributed by atoms with Crippen molar-refractivity contribution < 1.29 is 9.53 Å². The van der Waals surface area contributed by atoms with Crippen LogP contribution in [0.5, 0.6) is 0 Å². The quantitative estimate of drug-likeness (QED) is 0.295. The largest absolute Gasteiger partial charge is 0.466 e. The first-order valence-corrected chi connectivity index (χ1v) is 9.11. The third-order valence-electron chi connectivity index (χ3n) is 3.79. The Bertz CT molecular complexity index is 240. The third kappa shape index (κ3) is 17.4. The highest BCUT2D eigenvalue weighted by Gasteiger charge is 2.08. The maximum absolute atomic E-state index is 11.1. The summed E-state index contributed by atoms with van der Waals surface area (Å²) in [5.41, 5.74) is 0.501. The zero-order valence-electron chi connectivity index (χ0n) is 15.0. The van der Waals surface area contributed by atoms with Gasteiger partial charge in [-0.1, -0.05) is 79.1 Å². The fourth-order valence-electron chi connectivity index (χ4n) is 2.46. The molecule has 0 amide bonds. The van der Waals surface area contributed by atoms with Crippen LogP contribution in [0, 0.1) is 5.41 Å². The summed E-state index contributed by atoms with van der Waals surface area (Å²) in [4.78, 5) is 11.1. The van der Waals surface area contributed by atoms with Crippen LogP contribution in [0.3, 0.4) is 0 Å². The van der Waals surface area contributed by atoms with E-state index in [4.69, 9.17) is 4.74 Å². The normalized spacial score (nSPS) is 11.6. The van der Waals surface area contributed by atoms with Crippen LogP contribution < -0.4 is 0 Å². The molecule has 0 saturated heterocycles. The van der Waals surface area contributed by atoms with Gasteiger partial charge in [0.2, 0.25) is 0 Å². The summed E-state index contributed by atoms with van der Waals surface area (Å²) in [6.45, 7) is 9.60. The van der Waals surface area contributed by atoms with Crippen LogP contribution in [0.1, 0.15) is 105 Å². The molecule has 0 aliphatic carbocycles. The van der Waals surface area contributed by atoms with E-state index in [9.17, 15) is 4.79 Å². The Morgan fingerprint density at radius 1 is 0.810 bits per heavy atom. The standard InChI is InChI=1S/C19H38O2/c1-5-15-18(20)21-17-14-12-10-8-6-7-9-11-13-16-19(2,3)4/h5-17H2,1-4H3. The van der Waals surface area contributed by atoms with E-state index in [2.05, 4.69) is 20.8 Å². The molecule has 0 fully saturated rings. The van der Waals surface area contributed by atoms with Crippen LogP contribution >= 0.6 is 0 Å². The van der Waals surface area contributed by atoms with Crippen molar-refractivity contribution in [3.8, 4) is 0 Å². The first-order chi connectivity index (χ1) is 9.95. The lowest BCUT2D eigenvalue weighted by Gasteiger charge is -2.17. The number of hydrogen-bond donors (Lipinski definition) is 0. The van der Waals surface area contributed by atoms with E-state index < -0.39 is 0 Å². The second-order valence-electron chi connectivity index (χ2n) is 7.46. The Morgan fingerprint density at radius 2 is 1.29 bits per heavy atom. The molecular formula is C19H38O2. The van der Waals surface area contributed by atoms with Gasteiger partial charge in [-0.25, -0.2) is 0 Å². The molecular weight excluding hydrogens is 260 g/mol. The highest BCUT2D eigenvalue weighted by Crippen LogP contribution is 2.22. The summed E-state index contributed by atoms with van der Waals surface area (Å²) < 4.78 is 5.14. The highest BCUT2D eigenvalue weighted by atomic mass is 16.5. The summed E-state index contributed by atoms with van der Waals surface area (Å²) in [6.07, 6.45) is 14.6. The fourth-order valence-corrected chi connectivity index (χ4v) is 2.46. The van der Waals surface area contributed by atoms with Gasteiger partial charge in [0, 0.05) is 6.42 Å². The van der Waals surface area contributed by atoms with E-state index in [1.165, 1.54) is 57.8 Å². The van der Waals surface area contributed by atoms with Gasteiger partial charge in [0.25, 0.3) is 0 Å². The highest BCUT2D eigenvalue weighted by molar-refractivity contribution is 5.69. The van der Waals surface area contributed by atoms with E-state index in [0.717, 1.165) is 12.8 Å². The predicted molar refractivity (Wildman–Crippen MR) is 91.5 cm³/mol. The maximum Gasteiger partial charge on any atom is 0.305 e. The van der Waals surface area contributed by atoms with E-state index in [-0.39, 0.29) is 5.97 Å². The van der Waals surface area contributed by atoms with Gasteiger partial charge in [-0.3, -0.25) is 4.79 Å². The number of hydrogen-bond acceptors (Lipinski definition) is 2. The Labute approximate surface area is 133 Å². The third-order valence-corrected chi connectivity index (χ3v) is 3.79. The SMILES string of the molecule is CCCC(=O)OCCCCCCCCCCCC(C)(C)C. The molecule has 0 saturated carbocycles. The van der Waals surface area contributed by atoms with Crippen molar-refractivity contribution in [2.75, 3.05) is 6.61 Å². The van der Waals surface area contributed by atoms with Crippen molar-refractivity contribution >= 4 is 5.97 Å². The number of carbonyl (C=O) groups excluding carboxylic acids is 1. The molecule has 0 aromatic carbocycles. The lowest BCUT2D eigenvalue weighted by atomic mass is 9.89. The lowest BCUT2D eigenvalue weighted by molar-refractivity contribution is -0.143. The molecule has 0 aliphatic rings. The maximum atomic E-state index is 11.1. The Morgan fingerprint density at radius 3 is 1.76 bits per heavy atom. The molecule has 2 nitrogen and oxygen atoms in total. The average Bonchev–Trinajstić information content (AvgIpc) is 2.39. The molecule has 21 heavy (non-hydrogen) atoms. The smallest absolute Gasteiger partial charge is 0.305 e. The molecule has 0 unspecified atom stereocenters. The van der Waals surface area contributed by atoms with Gasteiger partial charge in [-0.05, 0) is 24.7 Å². The second kappa shape index (κ2) is 13.2. The summed E-state index contributed by atoms with van der Waals surface area (Å²) in [7, 11) is 0. The zero-order valence-corrected chi connectivity index (χ0v) is 15.0. The summed E-state index contributed by atoms with van der Waals surface area (Å²) >= 11 is 0. The number of ether oxygens (including phenoxy) is 1. The van der Waals surface area contributed by atoms with Crippen LogP contribution in [0.4, 0.5) is 0 Å². The molecule has 126 valence electrons. The van der Waals surface area contributed by atoms with Crippen LogP contribution in [0.25, 0.3) is 0 Å². The van der Waals surface area contributed by atoms with Crippen LogP contribution in [-0.4, -0.2) is 12.6 Å². The minimum absolute atomic E-state index is 0.0345. The predicted octanol–water partition coefficient (Wildman–Crippen LogP) is 6.28. The molecule has 0 heterocycles. The van der Waals surface area contributed by atoms with Crippen molar-refractivity contribution in [3.05, 3.63) is 0 Å². The van der Waals surface area contributed by atoms with Gasteiger partial charge >= 0.3 is 5.97 Å². The van der Waals surface area contributed by atoms with Gasteiger partial charge in [-0.15, -0.1) is 0 Å². The summed E-state index contributed by atoms with van der Waals surface area (Å²) in [5.74, 6) is -0.0345. The summed E-state index contributed by atoms with van der Waals surface area (Å²) in [6, 6.07) is 0. The molecule has 0 aromatic heterocycles. The number of unbranched alkanes of at least 4 members (excludes halogenated alkanes) is 8. The van der Waals surface area contributed by atoms with E-state index in [1.807, 2.05) is 6.92 Å². The van der Waals surface area contributed by atoms with E-state index >= 15 is 0 Å². The van der Waals surface area contributed by atoms with Gasteiger partial charge < -0.3 is 4.74 Å². The molecule has 0 spiro atoms. The Kier molecular flexibility index (Phi) is 12.8. The van der Waals surface area contributed by atoms with E-state index in [0.29, 0.717) is 18.4 Å². The van der Waals surface area contributed by atoms with Crippen LogP contribution in [0.15, 0.2) is 0 Å². The van der Waals surface area contributed by atoms with Crippen molar-refractivity contribution in [1.82, 2.24) is 0 Å². The number of rotatable bonds is 13. The Balaban J connectivity index is 3.11. The van der Waals surface area contributed by atoms with Crippen molar-refractivity contribution in [3.63, 3.8) is 0 Å².